The van der Waals surface area contributed by atoms with Gasteiger partial charge in [-0.3, -0.25) is 4.79 Å². The minimum atomic E-state index is -0.522. The zero-order chi connectivity index (χ0) is 13.7. The van der Waals surface area contributed by atoms with E-state index >= 15 is 0 Å². The quantitative estimate of drug-likeness (QED) is 0.787. The van der Waals surface area contributed by atoms with E-state index in [-0.39, 0.29) is 5.91 Å². The zero-order valence-electron chi connectivity index (χ0n) is 11.5. The van der Waals surface area contributed by atoms with Crippen LogP contribution in [0.4, 0.5) is 5.69 Å². The third-order valence-electron chi connectivity index (χ3n) is 2.62. The van der Waals surface area contributed by atoms with Gasteiger partial charge in [0.2, 0.25) is 0 Å². The fourth-order valence-corrected chi connectivity index (χ4v) is 1.40. The molecule has 0 aromatic heterocycles. The molecule has 1 aromatic rings. The van der Waals surface area contributed by atoms with Gasteiger partial charge >= 0.3 is 0 Å². The monoisotopic (exact) mass is 250 g/mol. The van der Waals surface area contributed by atoms with Crippen molar-refractivity contribution >= 4 is 11.6 Å². The minimum absolute atomic E-state index is 0.108. The Morgan fingerprint density at radius 1 is 1.39 bits per heavy atom. The number of carbonyl (C=O) groups excluding carboxylic acids is 1. The summed E-state index contributed by atoms with van der Waals surface area (Å²) in [4.78, 5) is 11.7. The number of anilines is 1. The second-order valence-corrected chi connectivity index (χ2v) is 4.92. The van der Waals surface area contributed by atoms with Gasteiger partial charge in [0.1, 0.15) is 5.75 Å². The second-order valence-electron chi connectivity index (χ2n) is 4.92. The van der Waals surface area contributed by atoms with Crippen molar-refractivity contribution < 1.29 is 9.53 Å². The molecule has 1 aromatic carbocycles. The average molecular weight is 250 g/mol. The number of nitrogens with one attached hydrogen (secondary N) is 1. The van der Waals surface area contributed by atoms with Crippen molar-refractivity contribution in [2.45, 2.75) is 33.8 Å². The number of rotatable bonds is 5. The lowest BCUT2D eigenvalue weighted by Crippen LogP contribution is -2.38. The van der Waals surface area contributed by atoms with Gasteiger partial charge in [-0.2, -0.15) is 0 Å². The summed E-state index contributed by atoms with van der Waals surface area (Å²) in [5.41, 5.74) is 7.46. The normalized spacial score (nSPS) is 12.3. The molecule has 0 spiro atoms. The predicted molar refractivity (Wildman–Crippen MR) is 73.5 cm³/mol. The lowest BCUT2D eigenvalue weighted by Gasteiger charge is -2.16. The summed E-state index contributed by atoms with van der Waals surface area (Å²) in [7, 11) is 0. The van der Waals surface area contributed by atoms with Crippen LogP contribution in [0.1, 0.15) is 26.3 Å². The van der Waals surface area contributed by atoms with Crippen LogP contribution in [0.15, 0.2) is 18.2 Å². The highest BCUT2D eigenvalue weighted by atomic mass is 16.5. The van der Waals surface area contributed by atoms with Crippen molar-refractivity contribution in [1.82, 2.24) is 5.32 Å². The number of hydrogen-bond donors (Lipinski definition) is 2. The number of nitrogen functional groups attached to an aromatic ring is 1. The Morgan fingerprint density at radius 2 is 2.06 bits per heavy atom. The Labute approximate surface area is 109 Å². The van der Waals surface area contributed by atoms with E-state index in [4.69, 9.17) is 10.5 Å². The van der Waals surface area contributed by atoms with E-state index < -0.39 is 6.10 Å². The summed E-state index contributed by atoms with van der Waals surface area (Å²) >= 11 is 0. The van der Waals surface area contributed by atoms with Crippen molar-refractivity contribution in [3.8, 4) is 5.75 Å². The van der Waals surface area contributed by atoms with Crippen LogP contribution in [0.25, 0.3) is 0 Å². The van der Waals surface area contributed by atoms with Crippen LogP contribution in [0.2, 0.25) is 0 Å². The van der Waals surface area contributed by atoms with Crippen molar-refractivity contribution in [3.05, 3.63) is 23.8 Å². The lowest BCUT2D eigenvalue weighted by atomic mass is 10.2. The largest absolute Gasteiger partial charge is 0.481 e. The van der Waals surface area contributed by atoms with E-state index in [0.717, 1.165) is 5.56 Å². The highest BCUT2D eigenvalue weighted by molar-refractivity contribution is 5.80. The molecule has 0 saturated carbocycles. The minimum Gasteiger partial charge on any atom is -0.481 e. The molecule has 0 aliphatic heterocycles. The SMILES string of the molecule is Cc1ccc(OC(C)C(=O)NCC(C)C)cc1N. The van der Waals surface area contributed by atoms with E-state index in [1.165, 1.54) is 0 Å². The molecule has 0 aliphatic carbocycles. The molecule has 0 bridgehead atoms. The number of hydrogen-bond acceptors (Lipinski definition) is 3. The van der Waals surface area contributed by atoms with Crippen molar-refractivity contribution in [3.63, 3.8) is 0 Å². The Balaban J connectivity index is 2.55. The van der Waals surface area contributed by atoms with Gasteiger partial charge in [0.15, 0.2) is 6.10 Å². The van der Waals surface area contributed by atoms with Crippen LogP contribution in [-0.2, 0) is 4.79 Å². The Hall–Kier alpha value is -1.71. The molecular weight excluding hydrogens is 228 g/mol. The molecule has 3 N–H and O–H groups in total. The smallest absolute Gasteiger partial charge is 0.260 e. The number of aryl methyl sites for hydroxylation is 1. The van der Waals surface area contributed by atoms with Crippen molar-refractivity contribution in [1.29, 1.82) is 0 Å². The number of nitrogens with two attached hydrogens (primary N) is 1. The first-order valence-electron chi connectivity index (χ1n) is 6.20. The number of amides is 1. The Kier molecular flexibility index (Phi) is 5.01. The topological polar surface area (TPSA) is 64.3 Å². The summed E-state index contributed by atoms with van der Waals surface area (Å²) in [5, 5.41) is 2.83. The second kappa shape index (κ2) is 6.28. The average Bonchev–Trinajstić information content (AvgIpc) is 2.30. The van der Waals surface area contributed by atoms with E-state index in [1.54, 1.807) is 13.0 Å². The van der Waals surface area contributed by atoms with Crippen molar-refractivity contribution in [2.24, 2.45) is 5.92 Å². The van der Waals surface area contributed by atoms with Gasteiger partial charge in [-0.05, 0) is 31.4 Å². The maximum absolute atomic E-state index is 11.7. The van der Waals surface area contributed by atoms with Gasteiger partial charge in [-0.25, -0.2) is 0 Å². The van der Waals surface area contributed by atoms with Crippen molar-refractivity contribution in [2.75, 3.05) is 12.3 Å². The zero-order valence-corrected chi connectivity index (χ0v) is 11.5. The number of benzene rings is 1. The van der Waals surface area contributed by atoms with Gasteiger partial charge in [0, 0.05) is 18.3 Å². The molecule has 0 heterocycles. The molecule has 0 aliphatic rings. The highest BCUT2D eigenvalue weighted by Gasteiger charge is 2.14. The van der Waals surface area contributed by atoms with E-state index in [0.29, 0.717) is 23.9 Å². The standard InChI is InChI=1S/C14H22N2O2/c1-9(2)8-16-14(17)11(4)18-12-6-5-10(3)13(15)7-12/h5-7,9,11H,8,15H2,1-4H3,(H,16,17). The maximum Gasteiger partial charge on any atom is 0.260 e. The van der Waals surface area contributed by atoms with Gasteiger partial charge in [-0.1, -0.05) is 19.9 Å². The highest BCUT2D eigenvalue weighted by Crippen LogP contribution is 2.20. The molecule has 0 saturated heterocycles. The number of ether oxygens (including phenoxy) is 1. The summed E-state index contributed by atoms with van der Waals surface area (Å²) < 4.78 is 5.55. The maximum atomic E-state index is 11.7. The molecule has 1 unspecified atom stereocenters. The lowest BCUT2D eigenvalue weighted by molar-refractivity contribution is -0.127. The molecular formula is C14H22N2O2. The molecule has 4 nitrogen and oxygen atoms in total. The van der Waals surface area contributed by atoms with E-state index in [9.17, 15) is 4.79 Å². The molecule has 100 valence electrons. The third-order valence-corrected chi connectivity index (χ3v) is 2.62. The molecule has 18 heavy (non-hydrogen) atoms. The summed E-state index contributed by atoms with van der Waals surface area (Å²) in [6.45, 7) is 8.41. The van der Waals surface area contributed by atoms with Gasteiger partial charge < -0.3 is 15.8 Å². The summed E-state index contributed by atoms with van der Waals surface area (Å²) in [6, 6.07) is 5.43. The first kappa shape index (κ1) is 14.4. The van der Waals surface area contributed by atoms with Gasteiger partial charge in [0.25, 0.3) is 5.91 Å². The first-order valence-corrected chi connectivity index (χ1v) is 6.20. The van der Waals surface area contributed by atoms with E-state index in [2.05, 4.69) is 5.32 Å². The molecule has 1 atom stereocenters. The molecule has 1 rings (SSSR count). The first-order chi connectivity index (χ1) is 8.40. The predicted octanol–water partition coefficient (Wildman–Crippen LogP) is 2.12. The molecule has 0 radical (unpaired) electrons. The Bertz CT molecular complexity index is 416. The molecule has 1 amide bonds. The summed E-state index contributed by atoms with van der Waals surface area (Å²) in [5.74, 6) is 0.935. The van der Waals surface area contributed by atoms with Crippen LogP contribution >= 0.6 is 0 Å². The Morgan fingerprint density at radius 3 is 2.61 bits per heavy atom. The van der Waals surface area contributed by atoms with Crippen LogP contribution in [-0.4, -0.2) is 18.6 Å². The van der Waals surface area contributed by atoms with Crippen LogP contribution in [0.3, 0.4) is 0 Å². The summed E-state index contributed by atoms with van der Waals surface area (Å²) in [6.07, 6.45) is -0.522. The van der Waals surface area contributed by atoms with Gasteiger partial charge in [-0.15, -0.1) is 0 Å². The van der Waals surface area contributed by atoms with Crippen LogP contribution < -0.4 is 15.8 Å². The fourth-order valence-electron chi connectivity index (χ4n) is 1.40. The van der Waals surface area contributed by atoms with Crippen LogP contribution in [0, 0.1) is 12.8 Å². The third kappa shape index (κ3) is 4.28. The van der Waals surface area contributed by atoms with Crippen LogP contribution in [0.5, 0.6) is 5.75 Å². The molecule has 0 fully saturated rings. The fraction of sp³-hybridized carbons (Fsp3) is 0.500. The number of carbonyl (C=O) groups is 1. The van der Waals surface area contributed by atoms with E-state index in [1.807, 2.05) is 32.9 Å². The molecule has 4 heteroatoms. The van der Waals surface area contributed by atoms with Gasteiger partial charge in [0.05, 0.1) is 0 Å².